The van der Waals surface area contributed by atoms with Crippen LogP contribution in [0.15, 0.2) is 51.1 Å². The molecule has 0 saturated heterocycles. The zero-order valence-corrected chi connectivity index (χ0v) is 15.6. The van der Waals surface area contributed by atoms with Gasteiger partial charge in [0.05, 0.1) is 6.54 Å². The van der Waals surface area contributed by atoms with Gasteiger partial charge >= 0.3 is 0 Å². The summed E-state index contributed by atoms with van der Waals surface area (Å²) in [5.74, 6) is 0.956. The van der Waals surface area contributed by atoms with Crippen LogP contribution in [-0.2, 0) is 11.3 Å². The molecule has 0 aliphatic rings. The quantitative estimate of drug-likeness (QED) is 0.541. The van der Waals surface area contributed by atoms with Crippen LogP contribution in [-0.4, -0.2) is 36.7 Å². The molecular weight excluding hydrogens is 380 g/mol. The van der Waals surface area contributed by atoms with Gasteiger partial charge in [-0.05, 0) is 42.8 Å². The number of thiophene rings is 1. The number of carbonyl (C=O) groups is 1. The molecule has 0 unspecified atom stereocenters. The van der Waals surface area contributed by atoms with Crippen molar-refractivity contribution in [3.8, 4) is 0 Å². The van der Waals surface area contributed by atoms with Gasteiger partial charge in [-0.25, -0.2) is 0 Å². The highest BCUT2D eigenvalue weighted by Crippen LogP contribution is 2.19. The van der Waals surface area contributed by atoms with Gasteiger partial charge in [-0.3, -0.25) is 9.69 Å². The van der Waals surface area contributed by atoms with Crippen molar-refractivity contribution >= 4 is 44.9 Å². The zero-order chi connectivity index (χ0) is 15.8. The molecule has 1 amide bonds. The molecule has 0 aliphatic carbocycles. The Bertz CT molecular complexity index is 572. The predicted molar refractivity (Wildman–Crippen MR) is 98.5 cm³/mol. The Labute approximate surface area is 148 Å². The number of thioether (sulfide) groups is 1. The Kier molecular flexibility index (Phi) is 7.45. The maximum absolute atomic E-state index is 11.9. The molecule has 0 spiro atoms. The number of hydrogen-bond donors (Lipinski definition) is 1. The largest absolute Gasteiger partial charge is 0.354 e. The van der Waals surface area contributed by atoms with Crippen LogP contribution >= 0.6 is 39.0 Å². The molecule has 0 aliphatic heterocycles. The second-order valence-corrected chi connectivity index (χ2v) is 8.02. The highest BCUT2D eigenvalue weighted by molar-refractivity contribution is 9.10. The van der Waals surface area contributed by atoms with Gasteiger partial charge < -0.3 is 5.32 Å². The molecule has 2 aromatic rings. The number of carbonyl (C=O) groups excluding carboxylic acids is 1. The second kappa shape index (κ2) is 9.35. The molecule has 0 saturated carbocycles. The first-order valence-electron chi connectivity index (χ1n) is 6.99. The molecule has 0 atom stereocenters. The lowest BCUT2D eigenvalue weighted by Crippen LogP contribution is -2.35. The number of likely N-dealkylation sites (N-methyl/N-ethyl adjacent to an activating group) is 1. The van der Waals surface area contributed by atoms with Gasteiger partial charge in [0.1, 0.15) is 0 Å². The summed E-state index contributed by atoms with van der Waals surface area (Å²) in [7, 11) is 1.97. The molecule has 0 bridgehead atoms. The minimum atomic E-state index is 0.0791. The number of nitrogens with zero attached hydrogens (tertiary/aromatic N) is 1. The molecule has 22 heavy (non-hydrogen) atoms. The van der Waals surface area contributed by atoms with E-state index in [0.717, 1.165) is 16.8 Å². The van der Waals surface area contributed by atoms with Crippen molar-refractivity contribution in [2.24, 2.45) is 0 Å². The molecule has 1 aromatic heterocycles. The van der Waals surface area contributed by atoms with E-state index >= 15 is 0 Å². The standard InChI is InChI=1S/C16H19BrN2OS2/c1-19(11-15-3-2-9-21-15)12-16(20)18-8-10-22-14-6-4-13(17)5-7-14/h2-7,9H,8,10-12H2,1H3,(H,18,20). The van der Waals surface area contributed by atoms with Crippen molar-refractivity contribution < 1.29 is 4.79 Å². The minimum absolute atomic E-state index is 0.0791. The van der Waals surface area contributed by atoms with Gasteiger partial charge in [0.2, 0.25) is 5.91 Å². The number of amides is 1. The van der Waals surface area contributed by atoms with Crippen LogP contribution in [0.4, 0.5) is 0 Å². The van der Waals surface area contributed by atoms with Gasteiger partial charge in [0.25, 0.3) is 0 Å². The van der Waals surface area contributed by atoms with Crippen LogP contribution in [0.3, 0.4) is 0 Å². The van der Waals surface area contributed by atoms with Gasteiger partial charge in [0, 0.05) is 33.1 Å². The van der Waals surface area contributed by atoms with Crippen molar-refractivity contribution in [2.45, 2.75) is 11.4 Å². The fourth-order valence-electron chi connectivity index (χ4n) is 1.92. The summed E-state index contributed by atoms with van der Waals surface area (Å²) < 4.78 is 1.08. The van der Waals surface area contributed by atoms with E-state index in [4.69, 9.17) is 0 Å². The van der Waals surface area contributed by atoms with Crippen molar-refractivity contribution in [1.82, 2.24) is 10.2 Å². The summed E-state index contributed by atoms with van der Waals surface area (Å²) in [5, 5.41) is 5.03. The molecule has 118 valence electrons. The highest BCUT2D eigenvalue weighted by Gasteiger charge is 2.07. The fourth-order valence-corrected chi connectivity index (χ4v) is 3.73. The summed E-state index contributed by atoms with van der Waals surface area (Å²) in [6.07, 6.45) is 0. The van der Waals surface area contributed by atoms with Gasteiger partial charge in [0.15, 0.2) is 0 Å². The van der Waals surface area contributed by atoms with Gasteiger partial charge in [-0.1, -0.05) is 22.0 Å². The SMILES string of the molecule is CN(CC(=O)NCCSc1ccc(Br)cc1)Cc1cccs1. The molecule has 3 nitrogen and oxygen atoms in total. The normalized spacial score (nSPS) is 10.9. The smallest absolute Gasteiger partial charge is 0.234 e. The lowest BCUT2D eigenvalue weighted by molar-refractivity contribution is -0.121. The predicted octanol–water partition coefficient (Wildman–Crippen LogP) is 3.85. The lowest BCUT2D eigenvalue weighted by Gasteiger charge is -2.15. The maximum atomic E-state index is 11.9. The zero-order valence-electron chi connectivity index (χ0n) is 12.4. The topological polar surface area (TPSA) is 32.3 Å². The number of nitrogens with one attached hydrogen (secondary N) is 1. The number of halogens is 1. The van der Waals surface area contributed by atoms with E-state index < -0.39 is 0 Å². The highest BCUT2D eigenvalue weighted by atomic mass is 79.9. The molecular formula is C16H19BrN2OS2. The van der Waals surface area contributed by atoms with Crippen LogP contribution in [0, 0.1) is 0 Å². The third kappa shape index (κ3) is 6.52. The van der Waals surface area contributed by atoms with E-state index in [0.29, 0.717) is 13.1 Å². The first-order chi connectivity index (χ1) is 10.6. The Hall–Kier alpha value is -0.820. The summed E-state index contributed by atoms with van der Waals surface area (Å²) in [6.45, 7) is 1.94. The van der Waals surface area contributed by atoms with Crippen LogP contribution < -0.4 is 5.32 Å². The average molecular weight is 399 g/mol. The Morgan fingerprint density at radius 3 is 2.77 bits per heavy atom. The van der Waals surface area contributed by atoms with E-state index in [9.17, 15) is 4.79 Å². The number of benzene rings is 1. The maximum Gasteiger partial charge on any atom is 0.234 e. The molecule has 6 heteroatoms. The fraction of sp³-hybridized carbons (Fsp3) is 0.312. The Morgan fingerprint density at radius 1 is 1.32 bits per heavy atom. The third-order valence-electron chi connectivity index (χ3n) is 2.93. The second-order valence-electron chi connectivity index (χ2n) is 4.90. The molecule has 1 heterocycles. The van der Waals surface area contributed by atoms with E-state index in [-0.39, 0.29) is 5.91 Å². The first-order valence-corrected chi connectivity index (χ1v) is 9.65. The summed E-state index contributed by atoms with van der Waals surface area (Å²) >= 11 is 6.88. The molecule has 1 aromatic carbocycles. The molecule has 0 radical (unpaired) electrons. The van der Waals surface area contributed by atoms with Crippen molar-refractivity contribution in [3.05, 3.63) is 51.1 Å². The van der Waals surface area contributed by atoms with Crippen LogP contribution in [0.5, 0.6) is 0 Å². The van der Waals surface area contributed by atoms with Crippen LogP contribution in [0.1, 0.15) is 4.88 Å². The minimum Gasteiger partial charge on any atom is -0.354 e. The van der Waals surface area contributed by atoms with Crippen molar-refractivity contribution in [2.75, 3.05) is 25.9 Å². The molecule has 2 rings (SSSR count). The van der Waals surface area contributed by atoms with E-state index in [1.807, 2.05) is 30.1 Å². The van der Waals surface area contributed by atoms with Gasteiger partial charge in [-0.2, -0.15) is 0 Å². The number of rotatable bonds is 8. The van der Waals surface area contributed by atoms with Crippen LogP contribution in [0.2, 0.25) is 0 Å². The van der Waals surface area contributed by atoms with E-state index in [1.54, 1.807) is 23.1 Å². The monoisotopic (exact) mass is 398 g/mol. The van der Waals surface area contributed by atoms with E-state index in [1.165, 1.54) is 9.77 Å². The van der Waals surface area contributed by atoms with Crippen LogP contribution in [0.25, 0.3) is 0 Å². The summed E-state index contributed by atoms with van der Waals surface area (Å²) in [6, 6.07) is 12.3. The van der Waals surface area contributed by atoms with Crippen molar-refractivity contribution in [1.29, 1.82) is 0 Å². The average Bonchev–Trinajstić information content (AvgIpc) is 2.98. The summed E-state index contributed by atoms with van der Waals surface area (Å²) in [5.41, 5.74) is 0. The van der Waals surface area contributed by atoms with E-state index in [2.05, 4.69) is 44.8 Å². The Morgan fingerprint density at radius 2 is 2.09 bits per heavy atom. The van der Waals surface area contributed by atoms with Crippen molar-refractivity contribution in [3.63, 3.8) is 0 Å². The molecule has 1 N–H and O–H groups in total. The Balaban J connectivity index is 1.60. The number of hydrogen-bond acceptors (Lipinski definition) is 4. The first kappa shape index (κ1) is 17.5. The summed E-state index contributed by atoms with van der Waals surface area (Å²) in [4.78, 5) is 16.4. The van der Waals surface area contributed by atoms with Gasteiger partial charge in [-0.15, -0.1) is 23.1 Å². The molecule has 0 fully saturated rings. The third-order valence-corrected chi connectivity index (χ3v) is 5.33. The lowest BCUT2D eigenvalue weighted by atomic mass is 10.4.